The minimum absolute atomic E-state index is 0.0426. The molecule has 0 aliphatic rings. The molecule has 16 heavy (non-hydrogen) atoms. The molecule has 0 saturated heterocycles. The highest BCUT2D eigenvalue weighted by atomic mass is 16.5. The van der Waals surface area contributed by atoms with Crippen LogP contribution in [-0.4, -0.2) is 38.3 Å². The maximum atomic E-state index is 11.3. The number of carbonyl (C=O) groups is 2. The van der Waals surface area contributed by atoms with Crippen molar-refractivity contribution in [3.05, 3.63) is 17.3 Å². The largest absolute Gasteiger partial charge is 0.464 e. The molecule has 1 rings (SSSR count). The van der Waals surface area contributed by atoms with Gasteiger partial charge in [0.25, 0.3) is 0 Å². The molecule has 0 saturated carbocycles. The van der Waals surface area contributed by atoms with Crippen LogP contribution < -0.4 is 0 Å². The van der Waals surface area contributed by atoms with Crippen LogP contribution >= 0.6 is 0 Å². The summed E-state index contributed by atoms with van der Waals surface area (Å²) in [6.07, 6.45) is 0. The molecule has 1 aromatic heterocycles. The molecule has 0 amide bonds. The van der Waals surface area contributed by atoms with E-state index < -0.39 is 11.9 Å². The van der Waals surface area contributed by atoms with E-state index >= 15 is 0 Å². The highest BCUT2D eigenvalue weighted by Crippen LogP contribution is 2.14. The molecule has 1 aromatic rings. The molecule has 0 aliphatic carbocycles. The number of rotatable bonds is 4. The maximum absolute atomic E-state index is 11.3. The number of methoxy groups -OCH3 is 3. The van der Waals surface area contributed by atoms with Gasteiger partial charge in [-0.2, -0.15) is 0 Å². The minimum atomic E-state index is -0.796. The normalized spacial score (nSPS) is 9.94. The summed E-state index contributed by atoms with van der Waals surface area (Å²) < 4.78 is 18.7. The minimum Gasteiger partial charge on any atom is -0.464 e. The highest BCUT2D eigenvalue weighted by Gasteiger charge is 2.26. The summed E-state index contributed by atoms with van der Waals surface area (Å²) in [6.45, 7) is 0.0426. The molecule has 88 valence electrons. The summed E-state index contributed by atoms with van der Waals surface area (Å²) >= 11 is 0. The van der Waals surface area contributed by atoms with E-state index in [2.05, 4.69) is 14.5 Å². The zero-order valence-corrected chi connectivity index (χ0v) is 9.10. The van der Waals surface area contributed by atoms with Gasteiger partial charge in [0.1, 0.15) is 6.61 Å². The third-order valence-corrected chi connectivity index (χ3v) is 1.69. The third kappa shape index (κ3) is 2.37. The fourth-order valence-electron chi connectivity index (χ4n) is 1.02. The Morgan fingerprint density at radius 3 is 2.31 bits per heavy atom. The van der Waals surface area contributed by atoms with E-state index in [-0.39, 0.29) is 24.0 Å². The molecular formula is C9H11NO6. The number of esters is 2. The van der Waals surface area contributed by atoms with Crippen molar-refractivity contribution in [2.45, 2.75) is 6.61 Å². The Morgan fingerprint density at radius 1 is 1.19 bits per heavy atom. The van der Waals surface area contributed by atoms with Gasteiger partial charge in [0.05, 0.1) is 14.2 Å². The Bertz CT molecular complexity index is 363. The molecule has 7 heteroatoms. The molecular weight excluding hydrogens is 218 g/mol. The number of nitrogens with zero attached hydrogens (tertiary/aromatic N) is 1. The first-order valence-electron chi connectivity index (χ1n) is 4.29. The van der Waals surface area contributed by atoms with E-state index in [0.717, 1.165) is 0 Å². The molecule has 0 fully saturated rings. The van der Waals surface area contributed by atoms with Crippen molar-refractivity contribution >= 4 is 11.9 Å². The van der Waals surface area contributed by atoms with Gasteiger partial charge < -0.3 is 18.6 Å². The SMILES string of the molecule is COCc1nc(C(=O)OC)c(C(=O)OC)o1. The van der Waals surface area contributed by atoms with Crippen molar-refractivity contribution in [2.24, 2.45) is 0 Å². The highest BCUT2D eigenvalue weighted by molar-refractivity contribution is 5.99. The van der Waals surface area contributed by atoms with Crippen LogP contribution in [0.3, 0.4) is 0 Å². The molecule has 0 aromatic carbocycles. The van der Waals surface area contributed by atoms with Gasteiger partial charge in [0, 0.05) is 7.11 Å². The van der Waals surface area contributed by atoms with Crippen molar-refractivity contribution in [3.63, 3.8) is 0 Å². The fraction of sp³-hybridized carbons (Fsp3) is 0.444. The number of carbonyl (C=O) groups excluding carboxylic acids is 2. The molecule has 0 aliphatic heterocycles. The fourth-order valence-corrected chi connectivity index (χ4v) is 1.02. The zero-order chi connectivity index (χ0) is 12.1. The molecule has 1 heterocycles. The van der Waals surface area contributed by atoms with Crippen LogP contribution in [0.15, 0.2) is 4.42 Å². The second kappa shape index (κ2) is 5.26. The van der Waals surface area contributed by atoms with Gasteiger partial charge in [-0.15, -0.1) is 0 Å². The van der Waals surface area contributed by atoms with Crippen molar-refractivity contribution in [1.29, 1.82) is 0 Å². The van der Waals surface area contributed by atoms with Crippen LogP contribution in [0, 0.1) is 0 Å². The molecule has 0 unspecified atom stereocenters. The number of hydrogen-bond acceptors (Lipinski definition) is 7. The van der Waals surface area contributed by atoms with E-state index in [0.29, 0.717) is 0 Å². The van der Waals surface area contributed by atoms with Crippen LogP contribution in [-0.2, 0) is 20.8 Å². The first-order chi connectivity index (χ1) is 7.63. The Morgan fingerprint density at radius 2 is 1.81 bits per heavy atom. The van der Waals surface area contributed by atoms with Crippen molar-refractivity contribution in [1.82, 2.24) is 4.98 Å². The van der Waals surface area contributed by atoms with Gasteiger partial charge in [-0.25, -0.2) is 14.6 Å². The van der Waals surface area contributed by atoms with Gasteiger partial charge in [0.2, 0.25) is 17.3 Å². The summed E-state index contributed by atoms with van der Waals surface area (Å²) in [7, 11) is 3.77. The van der Waals surface area contributed by atoms with Crippen molar-refractivity contribution < 1.29 is 28.2 Å². The Balaban J connectivity index is 3.12. The first kappa shape index (κ1) is 12.2. The molecule has 7 nitrogen and oxygen atoms in total. The molecule has 0 bridgehead atoms. The van der Waals surface area contributed by atoms with Crippen LogP contribution in [0.4, 0.5) is 0 Å². The predicted molar refractivity (Wildman–Crippen MR) is 49.9 cm³/mol. The summed E-state index contributed by atoms with van der Waals surface area (Å²) in [5.74, 6) is -1.76. The average Bonchev–Trinajstić information content (AvgIpc) is 2.71. The van der Waals surface area contributed by atoms with Gasteiger partial charge >= 0.3 is 11.9 Å². The second-order valence-electron chi connectivity index (χ2n) is 2.70. The summed E-state index contributed by atoms with van der Waals surface area (Å²) in [6, 6.07) is 0. The number of oxazole rings is 1. The lowest BCUT2D eigenvalue weighted by Crippen LogP contribution is -2.10. The number of ether oxygens (including phenoxy) is 3. The molecule has 0 spiro atoms. The molecule has 0 atom stereocenters. The van der Waals surface area contributed by atoms with Crippen LogP contribution in [0.5, 0.6) is 0 Å². The first-order valence-corrected chi connectivity index (χ1v) is 4.29. The number of aromatic nitrogens is 1. The van der Waals surface area contributed by atoms with E-state index in [1.165, 1.54) is 21.3 Å². The number of hydrogen-bond donors (Lipinski definition) is 0. The van der Waals surface area contributed by atoms with Crippen LogP contribution in [0.1, 0.15) is 26.9 Å². The lowest BCUT2D eigenvalue weighted by Gasteiger charge is -1.96. The van der Waals surface area contributed by atoms with E-state index in [4.69, 9.17) is 9.15 Å². The summed E-state index contributed by atoms with van der Waals surface area (Å²) in [4.78, 5) is 26.3. The topological polar surface area (TPSA) is 87.9 Å². The second-order valence-corrected chi connectivity index (χ2v) is 2.70. The Labute approximate surface area is 91.3 Å². The lowest BCUT2D eigenvalue weighted by molar-refractivity contribution is 0.0523. The average molecular weight is 229 g/mol. The van der Waals surface area contributed by atoms with Gasteiger partial charge in [-0.05, 0) is 0 Å². The van der Waals surface area contributed by atoms with Crippen molar-refractivity contribution in [2.75, 3.05) is 21.3 Å². The quantitative estimate of drug-likeness (QED) is 0.690. The van der Waals surface area contributed by atoms with Crippen LogP contribution in [0.2, 0.25) is 0 Å². The standard InChI is InChI=1S/C9H11NO6/c1-13-4-5-10-6(8(11)14-2)7(16-5)9(12)15-3/h4H2,1-3H3. The summed E-state index contributed by atoms with van der Waals surface area (Å²) in [5, 5.41) is 0. The predicted octanol–water partition coefficient (Wildman–Crippen LogP) is 0.394. The van der Waals surface area contributed by atoms with Crippen LogP contribution in [0.25, 0.3) is 0 Å². The van der Waals surface area contributed by atoms with E-state index in [1.54, 1.807) is 0 Å². The molecule has 0 N–H and O–H groups in total. The summed E-state index contributed by atoms with van der Waals surface area (Å²) in [5.41, 5.74) is -0.221. The third-order valence-electron chi connectivity index (χ3n) is 1.69. The van der Waals surface area contributed by atoms with E-state index in [9.17, 15) is 9.59 Å². The Kier molecular flexibility index (Phi) is 4.01. The Hall–Kier alpha value is -1.89. The zero-order valence-electron chi connectivity index (χ0n) is 9.10. The van der Waals surface area contributed by atoms with Crippen molar-refractivity contribution in [3.8, 4) is 0 Å². The maximum Gasteiger partial charge on any atom is 0.376 e. The molecule has 0 radical (unpaired) electrons. The van der Waals surface area contributed by atoms with Gasteiger partial charge in [0.15, 0.2) is 0 Å². The smallest absolute Gasteiger partial charge is 0.376 e. The van der Waals surface area contributed by atoms with E-state index in [1.807, 2.05) is 0 Å². The van der Waals surface area contributed by atoms with Gasteiger partial charge in [-0.1, -0.05) is 0 Å². The monoisotopic (exact) mass is 229 g/mol. The van der Waals surface area contributed by atoms with Gasteiger partial charge in [-0.3, -0.25) is 0 Å². The lowest BCUT2D eigenvalue weighted by atomic mass is 10.3.